The molecule has 0 aromatic rings. The van der Waals surface area contributed by atoms with E-state index in [1.165, 1.54) is 7.11 Å². The van der Waals surface area contributed by atoms with Crippen LogP contribution in [0.3, 0.4) is 0 Å². The standard InChI is InChI=1S/C5H10O5S/c1-10-3-4(5(6)7)11(2,8)9/h4H,3H2,1-2H3,(H,6,7). The molecule has 0 rings (SSSR count). The lowest BCUT2D eigenvalue weighted by Gasteiger charge is -2.07. The molecule has 0 amide bonds. The predicted molar refractivity (Wildman–Crippen MR) is 38.1 cm³/mol. The minimum absolute atomic E-state index is 0.311. The normalized spacial score (nSPS) is 14.4. The Morgan fingerprint density at radius 3 is 2.18 bits per heavy atom. The summed E-state index contributed by atoms with van der Waals surface area (Å²) >= 11 is 0. The zero-order valence-corrected chi connectivity index (χ0v) is 7.09. The maximum atomic E-state index is 10.7. The number of hydrogen-bond acceptors (Lipinski definition) is 4. The van der Waals surface area contributed by atoms with Crippen molar-refractivity contribution in [3.8, 4) is 0 Å². The Hall–Kier alpha value is -0.620. The van der Waals surface area contributed by atoms with Gasteiger partial charge in [0.2, 0.25) is 0 Å². The van der Waals surface area contributed by atoms with Gasteiger partial charge < -0.3 is 9.84 Å². The molecule has 0 aromatic heterocycles. The van der Waals surface area contributed by atoms with Crippen LogP contribution in [0.5, 0.6) is 0 Å². The fourth-order valence-corrected chi connectivity index (χ4v) is 1.28. The predicted octanol–water partition coefficient (Wildman–Crippen LogP) is -0.869. The molecule has 5 nitrogen and oxygen atoms in total. The number of methoxy groups -OCH3 is 1. The molecule has 0 fully saturated rings. The largest absolute Gasteiger partial charge is 0.480 e. The third-order valence-corrected chi connectivity index (χ3v) is 2.48. The molecule has 0 saturated heterocycles. The zero-order chi connectivity index (χ0) is 9.07. The first-order valence-electron chi connectivity index (χ1n) is 2.80. The number of ether oxygens (including phenoxy) is 1. The van der Waals surface area contributed by atoms with Crippen molar-refractivity contribution in [1.29, 1.82) is 0 Å². The highest BCUT2D eigenvalue weighted by atomic mass is 32.2. The van der Waals surface area contributed by atoms with Crippen molar-refractivity contribution in [1.82, 2.24) is 0 Å². The van der Waals surface area contributed by atoms with Gasteiger partial charge in [0.05, 0.1) is 6.61 Å². The molecule has 6 heteroatoms. The quantitative estimate of drug-likeness (QED) is 0.611. The van der Waals surface area contributed by atoms with Crippen LogP contribution >= 0.6 is 0 Å². The summed E-state index contributed by atoms with van der Waals surface area (Å²) in [5, 5.41) is 6.93. The van der Waals surface area contributed by atoms with Crippen molar-refractivity contribution in [3.63, 3.8) is 0 Å². The Balaban J connectivity index is 4.49. The van der Waals surface area contributed by atoms with Crippen LogP contribution in [0.4, 0.5) is 0 Å². The zero-order valence-electron chi connectivity index (χ0n) is 6.27. The highest BCUT2D eigenvalue weighted by Crippen LogP contribution is 1.99. The lowest BCUT2D eigenvalue weighted by atomic mass is 10.5. The molecule has 66 valence electrons. The molecule has 0 aromatic carbocycles. The van der Waals surface area contributed by atoms with Gasteiger partial charge in [-0.15, -0.1) is 0 Å². The first-order valence-corrected chi connectivity index (χ1v) is 4.75. The van der Waals surface area contributed by atoms with Crippen LogP contribution in [-0.2, 0) is 19.4 Å². The van der Waals surface area contributed by atoms with Gasteiger partial charge in [-0.1, -0.05) is 0 Å². The van der Waals surface area contributed by atoms with Crippen LogP contribution in [0.2, 0.25) is 0 Å². The van der Waals surface area contributed by atoms with Crippen LogP contribution in [0.15, 0.2) is 0 Å². The molecular weight excluding hydrogens is 172 g/mol. The Morgan fingerprint density at radius 1 is 1.64 bits per heavy atom. The van der Waals surface area contributed by atoms with Gasteiger partial charge in [-0.3, -0.25) is 4.79 Å². The topological polar surface area (TPSA) is 80.7 Å². The lowest BCUT2D eigenvalue weighted by molar-refractivity contribution is -0.137. The van der Waals surface area contributed by atoms with Crippen molar-refractivity contribution in [2.75, 3.05) is 20.0 Å². The molecule has 0 bridgehead atoms. The average Bonchev–Trinajstić information content (AvgIpc) is 1.79. The first-order chi connectivity index (χ1) is 4.89. The monoisotopic (exact) mass is 182 g/mol. The number of aliphatic carboxylic acids is 1. The molecule has 0 spiro atoms. The smallest absolute Gasteiger partial charge is 0.324 e. The number of sulfone groups is 1. The van der Waals surface area contributed by atoms with Crippen LogP contribution in [0, 0.1) is 0 Å². The van der Waals surface area contributed by atoms with E-state index in [1.807, 2.05) is 0 Å². The Labute approximate surface area is 64.9 Å². The second kappa shape index (κ2) is 3.68. The minimum Gasteiger partial charge on any atom is -0.480 e. The lowest BCUT2D eigenvalue weighted by Crippen LogP contribution is -2.33. The Morgan fingerprint density at radius 2 is 2.09 bits per heavy atom. The molecule has 0 saturated carbocycles. The summed E-state index contributed by atoms with van der Waals surface area (Å²) < 4.78 is 25.8. The molecule has 0 aliphatic rings. The molecule has 1 N–H and O–H groups in total. The molecule has 1 unspecified atom stereocenters. The number of carboxylic acid groups (broad SMARTS) is 1. The van der Waals surface area contributed by atoms with Crippen molar-refractivity contribution in [2.24, 2.45) is 0 Å². The van der Waals surface area contributed by atoms with E-state index in [4.69, 9.17) is 5.11 Å². The summed E-state index contributed by atoms with van der Waals surface area (Å²) in [6.07, 6.45) is 0.866. The fourth-order valence-electron chi connectivity index (χ4n) is 0.529. The van der Waals surface area contributed by atoms with Gasteiger partial charge in [0.25, 0.3) is 0 Å². The molecule has 0 aliphatic heterocycles. The van der Waals surface area contributed by atoms with Gasteiger partial charge in [-0.05, 0) is 0 Å². The van der Waals surface area contributed by atoms with E-state index in [-0.39, 0.29) is 6.61 Å². The van der Waals surface area contributed by atoms with Crippen molar-refractivity contribution in [2.45, 2.75) is 5.25 Å². The van der Waals surface area contributed by atoms with Crippen LogP contribution in [0.25, 0.3) is 0 Å². The van der Waals surface area contributed by atoms with Crippen LogP contribution < -0.4 is 0 Å². The van der Waals surface area contributed by atoms with E-state index in [0.717, 1.165) is 6.26 Å². The molecule has 0 heterocycles. The maximum absolute atomic E-state index is 10.7. The Kier molecular flexibility index (Phi) is 3.47. The first kappa shape index (κ1) is 10.4. The van der Waals surface area contributed by atoms with Gasteiger partial charge in [-0.2, -0.15) is 0 Å². The van der Waals surface area contributed by atoms with Crippen molar-refractivity contribution in [3.05, 3.63) is 0 Å². The third kappa shape index (κ3) is 3.33. The van der Waals surface area contributed by atoms with Gasteiger partial charge >= 0.3 is 5.97 Å². The van der Waals surface area contributed by atoms with Crippen LogP contribution in [0.1, 0.15) is 0 Å². The summed E-state index contributed by atoms with van der Waals surface area (Å²) in [6.45, 7) is -0.311. The Bertz CT molecular complexity index is 229. The highest BCUT2D eigenvalue weighted by Gasteiger charge is 2.28. The molecule has 0 aliphatic carbocycles. The summed E-state index contributed by atoms with van der Waals surface area (Å²) in [4.78, 5) is 10.3. The second-order valence-corrected chi connectivity index (χ2v) is 4.34. The summed E-state index contributed by atoms with van der Waals surface area (Å²) in [5.41, 5.74) is 0. The second-order valence-electron chi connectivity index (χ2n) is 2.11. The minimum atomic E-state index is -3.55. The van der Waals surface area contributed by atoms with E-state index in [0.29, 0.717) is 0 Å². The maximum Gasteiger partial charge on any atom is 0.324 e. The molecule has 11 heavy (non-hydrogen) atoms. The number of carboxylic acids is 1. The van der Waals surface area contributed by atoms with Crippen molar-refractivity contribution >= 4 is 15.8 Å². The van der Waals surface area contributed by atoms with E-state index in [1.54, 1.807) is 0 Å². The summed E-state index contributed by atoms with van der Waals surface area (Å²) in [7, 11) is -2.30. The summed E-state index contributed by atoms with van der Waals surface area (Å²) in [6, 6.07) is 0. The van der Waals surface area contributed by atoms with Gasteiger partial charge in [0.15, 0.2) is 15.1 Å². The van der Waals surface area contributed by atoms with Gasteiger partial charge in [0, 0.05) is 13.4 Å². The van der Waals surface area contributed by atoms with Gasteiger partial charge in [-0.25, -0.2) is 8.42 Å². The molecule has 1 atom stereocenters. The molecule has 0 radical (unpaired) electrons. The number of rotatable bonds is 4. The van der Waals surface area contributed by atoms with E-state index < -0.39 is 21.1 Å². The number of carbonyl (C=O) groups is 1. The van der Waals surface area contributed by atoms with E-state index in [2.05, 4.69) is 4.74 Å². The fraction of sp³-hybridized carbons (Fsp3) is 0.800. The van der Waals surface area contributed by atoms with Gasteiger partial charge in [0.1, 0.15) is 0 Å². The van der Waals surface area contributed by atoms with E-state index >= 15 is 0 Å². The molecular formula is C5H10O5S. The van der Waals surface area contributed by atoms with Crippen LogP contribution in [-0.4, -0.2) is 44.7 Å². The highest BCUT2D eigenvalue weighted by molar-refractivity contribution is 7.92. The number of hydrogen-bond donors (Lipinski definition) is 1. The third-order valence-electron chi connectivity index (χ3n) is 1.11. The SMILES string of the molecule is COCC(C(=O)O)S(C)(=O)=O. The average molecular weight is 182 g/mol. The summed E-state index contributed by atoms with van der Waals surface area (Å²) in [5.74, 6) is -1.38. The van der Waals surface area contributed by atoms with Crippen molar-refractivity contribution < 1.29 is 23.1 Å². The van der Waals surface area contributed by atoms with E-state index in [9.17, 15) is 13.2 Å².